The van der Waals surface area contributed by atoms with Crippen LogP contribution in [0, 0.1) is 11.3 Å². The first-order valence-corrected chi connectivity index (χ1v) is 4.94. The van der Waals surface area contributed by atoms with Gasteiger partial charge in [0, 0.05) is 18.6 Å². The van der Waals surface area contributed by atoms with E-state index in [-0.39, 0.29) is 23.9 Å². The molecule has 1 unspecified atom stereocenters. The van der Waals surface area contributed by atoms with Gasteiger partial charge in [0.15, 0.2) is 0 Å². The summed E-state index contributed by atoms with van der Waals surface area (Å²) in [5.41, 5.74) is -0.141. The summed E-state index contributed by atoms with van der Waals surface area (Å²) in [6, 6.07) is 1.72. The molecule has 0 spiro atoms. The molecule has 78 valence electrons. The summed E-state index contributed by atoms with van der Waals surface area (Å²) in [5, 5.41) is 11.7. The summed E-state index contributed by atoms with van der Waals surface area (Å²) in [6.45, 7) is 7.48. The number of likely N-dealkylation sites (N-methyl/N-ethyl adjacent to an activating group) is 1. The molecule has 0 radical (unpaired) electrons. The normalized spacial score (nSPS) is 26.0. The number of amides is 1. The maximum absolute atomic E-state index is 11.9. The van der Waals surface area contributed by atoms with E-state index in [1.807, 2.05) is 31.7 Å². The standard InChI is InChI=1S/C10H17N3O/c1-4-13-9(14)8(5-6-11)12-7-10(13,2)3/h8,12H,4-5,7H2,1-3H3. The van der Waals surface area contributed by atoms with Crippen LogP contribution < -0.4 is 5.32 Å². The lowest BCUT2D eigenvalue weighted by Crippen LogP contribution is -2.64. The molecule has 0 aromatic heterocycles. The molecule has 1 rings (SSSR count). The van der Waals surface area contributed by atoms with Crippen LogP contribution in [-0.2, 0) is 4.79 Å². The van der Waals surface area contributed by atoms with Gasteiger partial charge in [-0.05, 0) is 20.8 Å². The average Bonchev–Trinajstić information content (AvgIpc) is 2.11. The minimum Gasteiger partial charge on any atom is -0.335 e. The summed E-state index contributed by atoms with van der Waals surface area (Å²) >= 11 is 0. The van der Waals surface area contributed by atoms with Crippen LogP contribution in [0.1, 0.15) is 27.2 Å². The highest BCUT2D eigenvalue weighted by Gasteiger charge is 2.38. The van der Waals surface area contributed by atoms with Crippen LogP contribution in [0.3, 0.4) is 0 Å². The van der Waals surface area contributed by atoms with Gasteiger partial charge in [-0.1, -0.05) is 0 Å². The predicted molar refractivity (Wildman–Crippen MR) is 53.5 cm³/mol. The van der Waals surface area contributed by atoms with Crippen molar-refractivity contribution in [3.8, 4) is 6.07 Å². The van der Waals surface area contributed by atoms with E-state index in [0.29, 0.717) is 6.54 Å². The van der Waals surface area contributed by atoms with Crippen molar-refractivity contribution >= 4 is 5.91 Å². The number of nitrogens with zero attached hydrogens (tertiary/aromatic N) is 2. The number of rotatable bonds is 2. The maximum Gasteiger partial charge on any atom is 0.241 e. The van der Waals surface area contributed by atoms with E-state index >= 15 is 0 Å². The molecular weight excluding hydrogens is 178 g/mol. The second-order valence-corrected chi connectivity index (χ2v) is 4.19. The molecule has 1 saturated heterocycles. The number of carbonyl (C=O) groups is 1. The molecule has 1 aliphatic heterocycles. The Kier molecular flexibility index (Phi) is 3.12. The van der Waals surface area contributed by atoms with Crippen LogP contribution in [0.5, 0.6) is 0 Å². The van der Waals surface area contributed by atoms with Crippen molar-refractivity contribution in [1.29, 1.82) is 5.26 Å². The van der Waals surface area contributed by atoms with Gasteiger partial charge in [0.25, 0.3) is 0 Å². The van der Waals surface area contributed by atoms with Crippen molar-refractivity contribution in [3.63, 3.8) is 0 Å². The van der Waals surface area contributed by atoms with Crippen LogP contribution in [0.15, 0.2) is 0 Å². The van der Waals surface area contributed by atoms with E-state index in [2.05, 4.69) is 5.32 Å². The van der Waals surface area contributed by atoms with Crippen LogP contribution in [0.2, 0.25) is 0 Å². The van der Waals surface area contributed by atoms with Gasteiger partial charge in [-0.2, -0.15) is 5.26 Å². The molecule has 1 atom stereocenters. The summed E-state index contributed by atoms with van der Waals surface area (Å²) in [5.74, 6) is 0.0466. The Labute approximate surface area is 84.9 Å². The summed E-state index contributed by atoms with van der Waals surface area (Å²) in [4.78, 5) is 13.7. The van der Waals surface area contributed by atoms with Crippen molar-refractivity contribution in [2.45, 2.75) is 38.8 Å². The van der Waals surface area contributed by atoms with Gasteiger partial charge in [0.1, 0.15) is 6.04 Å². The Morgan fingerprint density at radius 1 is 1.71 bits per heavy atom. The molecule has 0 saturated carbocycles. The number of hydrogen-bond donors (Lipinski definition) is 1. The van der Waals surface area contributed by atoms with Gasteiger partial charge >= 0.3 is 0 Å². The molecular formula is C10H17N3O. The third kappa shape index (κ3) is 1.88. The van der Waals surface area contributed by atoms with Gasteiger partial charge in [-0.3, -0.25) is 4.79 Å². The largest absolute Gasteiger partial charge is 0.335 e. The van der Waals surface area contributed by atoms with Crippen molar-refractivity contribution in [3.05, 3.63) is 0 Å². The van der Waals surface area contributed by atoms with Crippen molar-refractivity contribution in [2.75, 3.05) is 13.1 Å². The van der Waals surface area contributed by atoms with E-state index in [9.17, 15) is 4.79 Å². The fraction of sp³-hybridized carbons (Fsp3) is 0.800. The fourth-order valence-corrected chi connectivity index (χ4v) is 1.88. The molecule has 4 heteroatoms. The molecule has 1 heterocycles. The van der Waals surface area contributed by atoms with E-state index in [4.69, 9.17) is 5.26 Å². The fourth-order valence-electron chi connectivity index (χ4n) is 1.88. The number of hydrogen-bond acceptors (Lipinski definition) is 3. The second kappa shape index (κ2) is 3.97. The van der Waals surface area contributed by atoms with Crippen molar-refractivity contribution < 1.29 is 4.79 Å². The van der Waals surface area contributed by atoms with Crippen LogP contribution in [-0.4, -0.2) is 35.5 Å². The summed E-state index contributed by atoms with van der Waals surface area (Å²) in [7, 11) is 0. The zero-order valence-electron chi connectivity index (χ0n) is 9.00. The molecule has 14 heavy (non-hydrogen) atoms. The number of piperazine rings is 1. The monoisotopic (exact) mass is 195 g/mol. The van der Waals surface area contributed by atoms with Gasteiger partial charge in [-0.15, -0.1) is 0 Å². The van der Waals surface area contributed by atoms with Crippen LogP contribution in [0.4, 0.5) is 0 Å². The highest BCUT2D eigenvalue weighted by molar-refractivity contribution is 5.83. The SMILES string of the molecule is CCN1C(=O)C(CC#N)NCC1(C)C. The van der Waals surface area contributed by atoms with Crippen LogP contribution >= 0.6 is 0 Å². The van der Waals surface area contributed by atoms with Crippen molar-refractivity contribution in [2.24, 2.45) is 0 Å². The Morgan fingerprint density at radius 2 is 2.36 bits per heavy atom. The number of nitrogens with one attached hydrogen (secondary N) is 1. The summed E-state index contributed by atoms with van der Waals surface area (Å²) in [6.07, 6.45) is 0.255. The van der Waals surface area contributed by atoms with E-state index in [0.717, 1.165) is 6.54 Å². The first-order chi connectivity index (χ1) is 6.53. The molecule has 1 N–H and O–H groups in total. The second-order valence-electron chi connectivity index (χ2n) is 4.19. The topological polar surface area (TPSA) is 56.1 Å². The smallest absolute Gasteiger partial charge is 0.241 e. The van der Waals surface area contributed by atoms with Gasteiger partial charge < -0.3 is 10.2 Å². The lowest BCUT2D eigenvalue weighted by Gasteiger charge is -2.44. The molecule has 0 aromatic rings. The van der Waals surface area contributed by atoms with Crippen molar-refractivity contribution in [1.82, 2.24) is 10.2 Å². The predicted octanol–water partition coefficient (Wildman–Crippen LogP) is 0.499. The zero-order chi connectivity index (χ0) is 10.8. The minimum absolute atomic E-state index is 0.0466. The van der Waals surface area contributed by atoms with E-state index in [1.165, 1.54) is 0 Å². The molecule has 0 bridgehead atoms. The lowest BCUT2D eigenvalue weighted by molar-refractivity contribution is -0.142. The Hall–Kier alpha value is -1.08. The molecule has 1 aliphatic rings. The maximum atomic E-state index is 11.9. The lowest BCUT2D eigenvalue weighted by atomic mass is 9.96. The minimum atomic E-state index is -0.312. The Bertz CT molecular complexity index is 267. The Morgan fingerprint density at radius 3 is 2.86 bits per heavy atom. The average molecular weight is 195 g/mol. The quantitative estimate of drug-likeness (QED) is 0.698. The highest BCUT2D eigenvalue weighted by atomic mass is 16.2. The van der Waals surface area contributed by atoms with Gasteiger partial charge in [0.05, 0.1) is 12.5 Å². The van der Waals surface area contributed by atoms with Crippen LogP contribution in [0.25, 0.3) is 0 Å². The van der Waals surface area contributed by atoms with E-state index < -0.39 is 0 Å². The summed E-state index contributed by atoms with van der Waals surface area (Å²) < 4.78 is 0. The highest BCUT2D eigenvalue weighted by Crippen LogP contribution is 2.19. The first kappa shape index (κ1) is 11.0. The van der Waals surface area contributed by atoms with Gasteiger partial charge in [-0.25, -0.2) is 0 Å². The molecule has 1 amide bonds. The van der Waals surface area contributed by atoms with Gasteiger partial charge in [0.2, 0.25) is 5.91 Å². The molecule has 1 fully saturated rings. The molecule has 0 aromatic carbocycles. The Balaban J connectivity index is 2.78. The zero-order valence-corrected chi connectivity index (χ0v) is 9.00. The van der Waals surface area contributed by atoms with E-state index in [1.54, 1.807) is 0 Å². The molecule has 4 nitrogen and oxygen atoms in total. The number of carbonyl (C=O) groups excluding carboxylic acids is 1. The third-order valence-corrected chi connectivity index (χ3v) is 2.69. The first-order valence-electron chi connectivity index (χ1n) is 4.94. The molecule has 0 aliphatic carbocycles. The third-order valence-electron chi connectivity index (χ3n) is 2.69. The number of nitriles is 1.